The minimum absolute atomic E-state index is 0.0933. The van der Waals surface area contributed by atoms with E-state index in [1.54, 1.807) is 23.1 Å². The summed E-state index contributed by atoms with van der Waals surface area (Å²) in [6, 6.07) is 4.05. The van der Waals surface area contributed by atoms with Crippen molar-refractivity contribution in [3.8, 4) is 0 Å². The maximum atomic E-state index is 12.9. The molecule has 3 heterocycles. The molecule has 0 radical (unpaired) electrons. The van der Waals surface area contributed by atoms with Gasteiger partial charge in [-0.25, -0.2) is 4.79 Å². The average Bonchev–Trinajstić information content (AvgIpc) is 3.08. The summed E-state index contributed by atoms with van der Waals surface area (Å²) >= 11 is 0. The quantitative estimate of drug-likeness (QED) is 0.418. The Bertz CT molecular complexity index is 1090. The lowest BCUT2D eigenvalue weighted by atomic mass is 10.0. The fourth-order valence-corrected chi connectivity index (χ4v) is 4.75. The molecule has 0 aromatic heterocycles. The minimum Gasteiger partial charge on any atom is -0.444 e. The number of carbonyl (C=O) groups is 5. The molecule has 2 N–H and O–H groups in total. The molecule has 0 spiro atoms. The summed E-state index contributed by atoms with van der Waals surface area (Å²) in [5, 5.41) is 5.51. The number of ether oxygens (including phenoxy) is 1. The lowest BCUT2D eigenvalue weighted by molar-refractivity contribution is -0.136. The highest BCUT2D eigenvalue weighted by atomic mass is 16.6. The molecule has 2 saturated heterocycles. The summed E-state index contributed by atoms with van der Waals surface area (Å²) < 4.78 is 5.44. The molecule has 1 aromatic carbocycles. The molecule has 3 aliphatic rings. The maximum absolute atomic E-state index is 12.9. The number of unbranched alkanes of at least 4 members (excludes halogenated alkanes) is 1. The summed E-state index contributed by atoms with van der Waals surface area (Å²) in [4.78, 5) is 66.6. The summed E-state index contributed by atoms with van der Waals surface area (Å²) in [5.41, 5.74) is 0.778. The van der Waals surface area contributed by atoms with Crippen LogP contribution in [-0.4, -0.2) is 95.3 Å². The zero-order chi connectivity index (χ0) is 26.7. The van der Waals surface area contributed by atoms with E-state index < -0.39 is 35.3 Å². The number of hydrogen-bond acceptors (Lipinski definition) is 8. The van der Waals surface area contributed by atoms with E-state index in [1.807, 2.05) is 20.8 Å². The number of hydrogen-bond donors (Lipinski definition) is 2. The van der Waals surface area contributed by atoms with Crippen molar-refractivity contribution in [2.75, 3.05) is 44.6 Å². The fraction of sp³-hybridized carbons (Fsp3) is 0.577. The number of nitrogens with zero attached hydrogens (tertiary/aromatic N) is 3. The monoisotopic (exact) mass is 513 g/mol. The van der Waals surface area contributed by atoms with Crippen LogP contribution in [0.4, 0.5) is 10.5 Å². The van der Waals surface area contributed by atoms with Crippen molar-refractivity contribution in [2.24, 2.45) is 0 Å². The molecule has 1 aromatic rings. The third-order valence-electron chi connectivity index (χ3n) is 6.69. The standard InChI is InChI=1S/C26H35N5O6/c1-26(2,3)37-25(36)30-14-12-29(13-15-30)11-5-4-10-27-17-6-7-18-19(16-17)24(35)31(23(18)34)20-8-9-21(32)28-22(20)33/h6-7,16,20,27H,4-5,8-15H2,1-3H3,(H,28,32,33). The van der Waals surface area contributed by atoms with Gasteiger partial charge in [0.1, 0.15) is 11.6 Å². The normalized spacial score (nSPS) is 20.7. The van der Waals surface area contributed by atoms with Crippen molar-refractivity contribution in [3.05, 3.63) is 29.3 Å². The number of carbonyl (C=O) groups excluding carboxylic acids is 5. The van der Waals surface area contributed by atoms with Gasteiger partial charge in [-0.2, -0.15) is 0 Å². The molecule has 2 fully saturated rings. The molecule has 0 bridgehead atoms. The largest absolute Gasteiger partial charge is 0.444 e. The van der Waals surface area contributed by atoms with Crippen molar-refractivity contribution >= 4 is 35.4 Å². The second kappa shape index (κ2) is 10.9. The highest BCUT2D eigenvalue weighted by molar-refractivity contribution is 6.23. The smallest absolute Gasteiger partial charge is 0.410 e. The second-order valence-corrected chi connectivity index (χ2v) is 10.7. The maximum Gasteiger partial charge on any atom is 0.410 e. The van der Waals surface area contributed by atoms with Crippen LogP contribution in [0, 0.1) is 0 Å². The number of amides is 5. The highest BCUT2D eigenvalue weighted by Crippen LogP contribution is 2.29. The van der Waals surface area contributed by atoms with Gasteiger partial charge in [-0.1, -0.05) is 0 Å². The number of rotatable bonds is 7. The summed E-state index contributed by atoms with van der Waals surface area (Å²) in [7, 11) is 0. The topological polar surface area (TPSA) is 128 Å². The van der Waals surface area contributed by atoms with Crippen molar-refractivity contribution in [1.82, 2.24) is 20.0 Å². The van der Waals surface area contributed by atoms with E-state index in [9.17, 15) is 24.0 Å². The van der Waals surface area contributed by atoms with Crippen LogP contribution in [0.3, 0.4) is 0 Å². The van der Waals surface area contributed by atoms with E-state index >= 15 is 0 Å². The Labute approximate surface area is 216 Å². The summed E-state index contributed by atoms with van der Waals surface area (Å²) in [6.07, 6.45) is 1.86. The van der Waals surface area contributed by atoms with E-state index in [-0.39, 0.29) is 30.1 Å². The van der Waals surface area contributed by atoms with Gasteiger partial charge in [0.15, 0.2) is 0 Å². The van der Waals surface area contributed by atoms with Gasteiger partial charge in [0.05, 0.1) is 11.1 Å². The van der Waals surface area contributed by atoms with Gasteiger partial charge in [0.25, 0.3) is 11.8 Å². The molecule has 1 unspecified atom stereocenters. The van der Waals surface area contributed by atoms with Gasteiger partial charge < -0.3 is 15.0 Å². The van der Waals surface area contributed by atoms with Crippen molar-refractivity contribution < 1.29 is 28.7 Å². The van der Waals surface area contributed by atoms with Crippen molar-refractivity contribution in [3.63, 3.8) is 0 Å². The Morgan fingerprint density at radius 3 is 2.41 bits per heavy atom. The predicted molar refractivity (Wildman–Crippen MR) is 135 cm³/mol. The van der Waals surface area contributed by atoms with Gasteiger partial charge in [-0.15, -0.1) is 0 Å². The van der Waals surface area contributed by atoms with Gasteiger partial charge in [-0.05, 0) is 64.8 Å². The molecule has 4 rings (SSSR count). The van der Waals surface area contributed by atoms with Crippen molar-refractivity contribution in [1.29, 1.82) is 0 Å². The minimum atomic E-state index is -0.965. The number of piperidine rings is 1. The van der Waals surface area contributed by atoms with E-state index in [0.29, 0.717) is 19.6 Å². The molecule has 3 aliphatic heterocycles. The molecule has 11 heteroatoms. The number of nitrogens with one attached hydrogen (secondary N) is 2. The molecule has 37 heavy (non-hydrogen) atoms. The van der Waals surface area contributed by atoms with E-state index in [2.05, 4.69) is 15.5 Å². The first-order valence-electron chi connectivity index (χ1n) is 12.8. The number of imide groups is 2. The Morgan fingerprint density at radius 2 is 1.73 bits per heavy atom. The van der Waals surface area contributed by atoms with Gasteiger partial charge in [0.2, 0.25) is 11.8 Å². The number of piperazine rings is 1. The van der Waals surface area contributed by atoms with Crippen LogP contribution in [-0.2, 0) is 14.3 Å². The summed E-state index contributed by atoms with van der Waals surface area (Å²) in [5.74, 6) is -2.03. The molecule has 5 amide bonds. The van der Waals surface area contributed by atoms with Gasteiger partial charge >= 0.3 is 6.09 Å². The van der Waals surface area contributed by atoms with Crippen LogP contribution in [0.25, 0.3) is 0 Å². The predicted octanol–water partition coefficient (Wildman–Crippen LogP) is 1.83. The average molecular weight is 514 g/mol. The Balaban J connectivity index is 1.20. The fourth-order valence-electron chi connectivity index (χ4n) is 4.75. The molecule has 200 valence electrons. The first-order chi connectivity index (χ1) is 17.5. The van der Waals surface area contributed by atoms with Gasteiger partial charge in [0, 0.05) is 44.8 Å². The number of benzene rings is 1. The third-order valence-corrected chi connectivity index (χ3v) is 6.69. The van der Waals surface area contributed by atoms with Gasteiger partial charge in [-0.3, -0.25) is 34.3 Å². The SMILES string of the molecule is CC(C)(C)OC(=O)N1CCN(CCCCNc2ccc3c(c2)C(=O)N(C2CCC(=O)NC2=O)C3=O)CC1. The Hall–Kier alpha value is -3.47. The van der Waals surface area contributed by atoms with Crippen LogP contribution < -0.4 is 10.6 Å². The second-order valence-electron chi connectivity index (χ2n) is 10.7. The Morgan fingerprint density at radius 1 is 1.03 bits per heavy atom. The molecule has 1 atom stereocenters. The van der Waals surface area contributed by atoms with Crippen LogP contribution in [0.2, 0.25) is 0 Å². The lowest BCUT2D eigenvalue weighted by Gasteiger charge is -2.35. The molecule has 0 saturated carbocycles. The van der Waals surface area contributed by atoms with E-state index in [0.717, 1.165) is 43.1 Å². The zero-order valence-electron chi connectivity index (χ0n) is 21.7. The van der Waals surface area contributed by atoms with Crippen molar-refractivity contribution in [2.45, 2.75) is 58.1 Å². The number of anilines is 1. The van der Waals surface area contributed by atoms with Crippen LogP contribution >= 0.6 is 0 Å². The van der Waals surface area contributed by atoms with E-state index in [4.69, 9.17) is 4.74 Å². The summed E-state index contributed by atoms with van der Waals surface area (Å²) in [6.45, 7) is 10.2. The molecule has 0 aliphatic carbocycles. The molecular weight excluding hydrogens is 478 g/mol. The van der Waals surface area contributed by atoms with Crippen LogP contribution in [0.15, 0.2) is 18.2 Å². The first kappa shape index (κ1) is 26.6. The molecule has 11 nitrogen and oxygen atoms in total. The number of fused-ring (bicyclic) bond motifs is 1. The van der Waals surface area contributed by atoms with Crippen LogP contribution in [0.5, 0.6) is 0 Å². The van der Waals surface area contributed by atoms with E-state index in [1.165, 1.54) is 0 Å². The lowest BCUT2D eigenvalue weighted by Crippen LogP contribution is -2.54. The Kier molecular flexibility index (Phi) is 7.82. The van der Waals surface area contributed by atoms with Crippen LogP contribution in [0.1, 0.15) is 67.2 Å². The molecular formula is C26H35N5O6. The third kappa shape index (κ3) is 6.27. The highest BCUT2D eigenvalue weighted by Gasteiger charge is 2.44. The first-order valence-corrected chi connectivity index (χ1v) is 12.8. The zero-order valence-corrected chi connectivity index (χ0v) is 21.7.